The van der Waals surface area contributed by atoms with Gasteiger partial charge >= 0.3 is 6.18 Å². The van der Waals surface area contributed by atoms with E-state index in [2.05, 4.69) is 10.6 Å². The number of amides is 1. The Hall–Kier alpha value is -1.72. The SMILES string of the molecule is O=C(NC1CCC(C(F)(F)F)CC1)c1ccc2c(c1)CCN2. The van der Waals surface area contributed by atoms with E-state index in [0.29, 0.717) is 18.4 Å². The lowest BCUT2D eigenvalue weighted by Crippen LogP contribution is -2.40. The standard InChI is InChI=1S/C16H19F3N2O/c17-16(18,19)12-2-4-13(5-3-12)21-15(22)11-1-6-14-10(9-11)7-8-20-14/h1,6,9,12-13,20H,2-5,7-8H2,(H,21,22). The van der Waals surface area contributed by atoms with Crippen LogP contribution in [0.25, 0.3) is 0 Å². The van der Waals surface area contributed by atoms with Gasteiger partial charge in [0.2, 0.25) is 0 Å². The third-order valence-electron chi connectivity index (χ3n) is 4.60. The highest BCUT2D eigenvalue weighted by molar-refractivity contribution is 5.95. The predicted molar refractivity (Wildman–Crippen MR) is 77.9 cm³/mol. The summed E-state index contributed by atoms with van der Waals surface area (Å²) in [5.74, 6) is -1.41. The minimum Gasteiger partial charge on any atom is -0.384 e. The molecule has 1 saturated carbocycles. The van der Waals surface area contributed by atoms with Gasteiger partial charge < -0.3 is 10.6 Å². The quantitative estimate of drug-likeness (QED) is 0.877. The number of rotatable bonds is 2. The molecule has 0 aromatic heterocycles. The molecule has 2 aliphatic rings. The summed E-state index contributed by atoms with van der Waals surface area (Å²) in [7, 11) is 0. The van der Waals surface area contributed by atoms with Crippen LogP contribution in [-0.4, -0.2) is 24.7 Å². The summed E-state index contributed by atoms with van der Waals surface area (Å²) in [6.07, 6.45) is -2.23. The average Bonchev–Trinajstić information content (AvgIpc) is 2.94. The third-order valence-corrected chi connectivity index (χ3v) is 4.60. The Morgan fingerprint density at radius 2 is 1.91 bits per heavy atom. The van der Waals surface area contributed by atoms with Crippen molar-refractivity contribution in [2.45, 2.75) is 44.3 Å². The van der Waals surface area contributed by atoms with Crippen LogP contribution in [0.15, 0.2) is 18.2 Å². The monoisotopic (exact) mass is 312 g/mol. The number of fused-ring (bicyclic) bond motifs is 1. The maximum atomic E-state index is 12.6. The number of alkyl halides is 3. The van der Waals surface area contributed by atoms with Gasteiger partial charge in [-0.1, -0.05) is 0 Å². The molecule has 0 bridgehead atoms. The molecule has 1 aromatic carbocycles. The highest BCUT2D eigenvalue weighted by Crippen LogP contribution is 2.37. The van der Waals surface area contributed by atoms with Crippen molar-refractivity contribution in [2.75, 3.05) is 11.9 Å². The maximum Gasteiger partial charge on any atom is 0.391 e. The summed E-state index contributed by atoms with van der Waals surface area (Å²) in [6, 6.07) is 5.36. The second kappa shape index (κ2) is 5.82. The fourth-order valence-electron chi connectivity index (χ4n) is 3.28. The number of hydrogen-bond donors (Lipinski definition) is 2. The molecule has 3 nitrogen and oxygen atoms in total. The topological polar surface area (TPSA) is 41.1 Å². The Morgan fingerprint density at radius 3 is 2.59 bits per heavy atom. The first-order valence-electron chi connectivity index (χ1n) is 7.68. The zero-order valence-electron chi connectivity index (χ0n) is 12.2. The highest BCUT2D eigenvalue weighted by Gasteiger charge is 2.41. The van der Waals surface area contributed by atoms with Crippen molar-refractivity contribution in [3.63, 3.8) is 0 Å². The predicted octanol–water partition coefficient (Wildman–Crippen LogP) is 3.51. The van der Waals surface area contributed by atoms with E-state index in [1.54, 1.807) is 6.07 Å². The van der Waals surface area contributed by atoms with Crippen molar-refractivity contribution >= 4 is 11.6 Å². The van der Waals surface area contributed by atoms with Crippen LogP contribution in [0.3, 0.4) is 0 Å². The Morgan fingerprint density at radius 1 is 1.18 bits per heavy atom. The molecule has 1 amide bonds. The van der Waals surface area contributed by atoms with Crippen LogP contribution in [0.5, 0.6) is 0 Å². The van der Waals surface area contributed by atoms with E-state index in [-0.39, 0.29) is 24.8 Å². The molecule has 0 atom stereocenters. The van der Waals surface area contributed by atoms with Crippen molar-refractivity contribution in [3.8, 4) is 0 Å². The first-order chi connectivity index (χ1) is 10.4. The normalized spacial score (nSPS) is 24.5. The first-order valence-corrected chi connectivity index (χ1v) is 7.68. The number of anilines is 1. The summed E-state index contributed by atoms with van der Waals surface area (Å²) in [6.45, 7) is 0.877. The molecule has 0 spiro atoms. The third kappa shape index (κ3) is 3.20. The number of benzene rings is 1. The van der Waals surface area contributed by atoms with Gasteiger partial charge in [0, 0.05) is 23.8 Å². The second-order valence-electron chi connectivity index (χ2n) is 6.11. The Kier molecular flexibility index (Phi) is 4.02. The molecule has 1 fully saturated rings. The lowest BCUT2D eigenvalue weighted by Gasteiger charge is -2.30. The molecular formula is C16H19F3N2O. The lowest BCUT2D eigenvalue weighted by atomic mass is 9.85. The van der Waals surface area contributed by atoms with Crippen molar-refractivity contribution in [1.29, 1.82) is 0 Å². The van der Waals surface area contributed by atoms with Gasteiger partial charge in [-0.15, -0.1) is 0 Å². The van der Waals surface area contributed by atoms with Crippen molar-refractivity contribution in [1.82, 2.24) is 5.32 Å². The summed E-state index contributed by atoms with van der Waals surface area (Å²) in [5.41, 5.74) is 2.76. The van der Waals surface area contributed by atoms with Gasteiger partial charge in [0.05, 0.1) is 5.92 Å². The minimum absolute atomic E-state index is 0.0998. The molecule has 1 aromatic rings. The van der Waals surface area contributed by atoms with Crippen LogP contribution in [0.2, 0.25) is 0 Å². The van der Waals surface area contributed by atoms with Crippen molar-refractivity contribution < 1.29 is 18.0 Å². The molecule has 3 rings (SSSR count). The van der Waals surface area contributed by atoms with E-state index >= 15 is 0 Å². The number of halogens is 3. The number of nitrogens with one attached hydrogen (secondary N) is 2. The molecule has 0 unspecified atom stereocenters. The molecular weight excluding hydrogens is 293 g/mol. The average molecular weight is 312 g/mol. The van der Waals surface area contributed by atoms with Gasteiger partial charge in [-0.05, 0) is 55.9 Å². The molecule has 1 aliphatic heterocycles. The van der Waals surface area contributed by atoms with Gasteiger partial charge in [-0.25, -0.2) is 0 Å². The summed E-state index contributed by atoms with van der Waals surface area (Å²) in [4.78, 5) is 12.2. The minimum atomic E-state index is -4.11. The van der Waals surface area contributed by atoms with Crippen LogP contribution in [0, 0.1) is 5.92 Å². The van der Waals surface area contributed by atoms with Crippen LogP contribution in [-0.2, 0) is 6.42 Å². The summed E-state index contributed by atoms with van der Waals surface area (Å²) < 4.78 is 37.9. The number of hydrogen-bond acceptors (Lipinski definition) is 2. The van der Waals surface area contributed by atoms with Gasteiger partial charge in [-0.3, -0.25) is 4.79 Å². The lowest BCUT2D eigenvalue weighted by molar-refractivity contribution is -0.182. The van der Waals surface area contributed by atoms with E-state index in [0.717, 1.165) is 24.2 Å². The van der Waals surface area contributed by atoms with E-state index in [1.165, 1.54) is 0 Å². The second-order valence-corrected chi connectivity index (χ2v) is 6.11. The van der Waals surface area contributed by atoms with Gasteiger partial charge in [0.1, 0.15) is 0 Å². The smallest absolute Gasteiger partial charge is 0.384 e. The zero-order chi connectivity index (χ0) is 15.7. The van der Waals surface area contributed by atoms with E-state index in [9.17, 15) is 18.0 Å². The van der Waals surface area contributed by atoms with Crippen LogP contribution in [0.4, 0.5) is 18.9 Å². The molecule has 0 radical (unpaired) electrons. The van der Waals surface area contributed by atoms with E-state index in [4.69, 9.17) is 0 Å². The van der Waals surface area contributed by atoms with Crippen LogP contribution in [0.1, 0.15) is 41.6 Å². The van der Waals surface area contributed by atoms with Gasteiger partial charge in [0.25, 0.3) is 5.91 Å². The van der Waals surface area contributed by atoms with E-state index < -0.39 is 12.1 Å². The maximum absolute atomic E-state index is 12.6. The molecule has 0 saturated heterocycles. The fourth-order valence-corrected chi connectivity index (χ4v) is 3.28. The van der Waals surface area contributed by atoms with Crippen molar-refractivity contribution in [2.24, 2.45) is 5.92 Å². The Labute approximate surface area is 127 Å². The molecule has 2 N–H and O–H groups in total. The zero-order valence-corrected chi connectivity index (χ0v) is 12.2. The number of carbonyl (C=O) groups is 1. The highest BCUT2D eigenvalue weighted by atomic mass is 19.4. The molecule has 22 heavy (non-hydrogen) atoms. The Bertz CT molecular complexity index is 563. The molecule has 6 heteroatoms. The molecule has 1 heterocycles. The first kappa shape index (κ1) is 15.2. The molecule has 1 aliphatic carbocycles. The fraction of sp³-hybridized carbons (Fsp3) is 0.562. The van der Waals surface area contributed by atoms with E-state index in [1.807, 2.05) is 12.1 Å². The van der Waals surface area contributed by atoms with Gasteiger partial charge in [0.15, 0.2) is 0 Å². The van der Waals surface area contributed by atoms with Gasteiger partial charge in [-0.2, -0.15) is 13.2 Å². The number of carbonyl (C=O) groups excluding carboxylic acids is 1. The molecule has 120 valence electrons. The summed E-state index contributed by atoms with van der Waals surface area (Å²) >= 11 is 0. The van der Waals surface area contributed by atoms with Crippen LogP contribution >= 0.6 is 0 Å². The Balaban J connectivity index is 1.57. The largest absolute Gasteiger partial charge is 0.391 e. The summed E-state index contributed by atoms with van der Waals surface area (Å²) in [5, 5.41) is 6.10. The van der Waals surface area contributed by atoms with Crippen LogP contribution < -0.4 is 10.6 Å². The van der Waals surface area contributed by atoms with Crippen molar-refractivity contribution in [3.05, 3.63) is 29.3 Å².